The lowest BCUT2D eigenvalue weighted by atomic mass is 9.87. The van der Waals surface area contributed by atoms with E-state index in [0.29, 0.717) is 11.8 Å². The van der Waals surface area contributed by atoms with E-state index in [9.17, 15) is 13.2 Å². The summed E-state index contributed by atoms with van der Waals surface area (Å²) in [5, 5.41) is 16.0. The van der Waals surface area contributed by atoms with E-state index in [4.69, 9.17) is 19.9 Å². The number of halogens is 3. The molecule has 1 aromatic rings. The average Bonchev–Trinajstić information content (AvgIpc) is 3.22. The third-order valence-corrected chi connectivity index (χ3v) is 5.10. The Morgan fingerprint density at radius 1 is 1.37 bits per heavy atom. The Bertz CT molecular complexity index is 698. The van der Waals surface area contributed by atoms with E-state index >= 15 is 0 Å². The van der Waals surface area contributed by atoms with Crippen LogP contribution in [0, 0.1) is 23.2 Å². The molecule has 3 rings (SSSR count). The number of benzene rings is 1. The van der Waals surface area contributed by atoms with E-state index in [1.54, 1.807) is 0 Å². The fourth-order valence-corrected chi connectivity index (χ4v) is 3.40. The number of nitriles is 1. The third-order valence-electron chi connectivity index (χ3n) is 5.10. The van der Waals surface area contributed by atoms with E-state index in [-0.39, 0.29) is 5.60 Å². The molecule has 0 amide bonds. The molecule has 8 heteroatoms. The van der Waals surface area contributed by atoms with Crippen molar-refractivity contribution in [3.63, 3.8) is 0 Å². The minimum Gasteiger partial charge on any atom is -0.475 e. The van der Waals surface area contributed by atoms with Crippen LogP contribution in [0.1, 0.15) is 32.3 Å². The molecule has 148 valence electrons. The van der Waals surface area contributed by atoms with E-state index in [2.05, 4.69) is 24.8 Å². The highest BCUT2D eigenvalue weighted by Gasteiger charge is 2.46. The molecule has 0 aliphatic carbocycles. The Kier molecular flexibility index (Phi) is 6.37. The highest BCUT2D eigenvalue weighted by atomic mass is 19.4. The SMILES string of the molecule is CC(C)C1COC2(CCN(c3ccc(C#N)cc3)C2)C1.O=C(O)C(F)(F)F. The molecule has 5 nitrogen and oxygen atoms in total. The van der Waals surface area contributed by atoms with Crippen LogP contribution in [0.15, 0.2) is 24.3 Å². The number of carboxylic acids is 1. The van der Waals surface area contributed by atoms with Gasteiger partial charge in [-0.05, 0) is 48.9 Å². The molecular weight excluding hydrogens is 361 g/mol. The molecule has 2 fully saturated rings. The lowest BCUT2D eigenvalue weighted by Gasteiger charge is -2.25. The van der Waals surface area contributed by atoms with E-state index in [0.717, 1.165) is 31.7 Å². The van der Waals surface area contributed by atoms with Crippen molar-refractivity contribution in [3.05, 3.63) is 29.8 Å². The normalized spacial score (nSPS) is 24.6. The van der Waals surface area contributed by atoms with Crippen LogP contribution in [0.3, 0.4) is 0 Å². The van der Waals surface area contributed by atoms with Crippen molar-refractivity contribution >= 4 is 11.7 Å². The molecule has 1 spiro atoms. The number of anilines is 1. The number of rotatable bonds is 2. The first-order valence-electron chi connectivity index (χ1n) is 8.75. The topological polar surface area (TPSA) is 73.6 Å². The van der Waals surface area contributed by atoms with Crippen molar-refractivity contribution in [3.8, 4) is 6.07 Å². The summed E-state index contributed by atoms with van der Waals surface area (Å²) in [6.45, 7) is 7.54. The summed E-state index contributed by atoms with van der Waals surface area (Å²) in [6, 6.07) is 10.1. The molecule has 2 aliphatic heterocycles. The van der Waals surface area contributed by atoms with Crippen LogP contribution in [0.4, 0.5) is 18.9 Å². The third kappa shape index (κ3) is 5.36. The molecule has 2 aliphatic rings. The van der Waals surface area contributed by atoms with Crippen LogP contribution in [0.2, 0.25) is 0 Å². The Balaban J connectivity index is 0.000000321. The Hall–Kier alpha value is -2.27. The summed E-state index contributed by atoms with van der Waals surface area (Å²) >= 11 is 0. The molecule has 0 radical (unpaired) electrons. The molecule has 27 heavy (non-hydrogen) atoms. The van der Waals surface area contributed by atoms with E-state index < -0.39 is 12.1 Å². The number of alkyl halides is 3. The summed E-state index contributed by atoms with van der Waals surface area (Å²) in [5.41, 5.74) is 2.00. The van der Waals surface area contributed by atoms with Crippen molar-refractivity contribution in [2.75, 3.05) is 24.6 Å². The molecule has 0 bridgehead atoms. The number of hydrogen-bond donors (Lipinski definition) is 1. The van der Waals surface area contributed by atoms with E-state index in [1.165, 1.54) is 12.1 Å². The maximum Gasteiger partial charge on any atom is 0.490 e. The quantitative estimate of drug-likeness (QED) is 0.839. The van der Waals surface area contributed by atoms with Crippen molar-refractivity contribution in [1.82, 2.24) is 0 Å². The Morgan fingerprint density at radius 2 is 1.96 bits per heavy atom. The minimum absolute atomic E-state index is 0.0723. The van der Waals surface area contributed by atoms with Crippen LogP contribution in [-0.4, -0.2) is 42.5 Å². The summed E-state index contributed by atoms with van der Waals surface area (Å²) in [6.07, 6.45) is -2.77. The van der Waals surface area contributed by atoms with Crippen LogP contribution in [-0.2, 0) is 9.53 Å². The summed E-state index contributed by atoms with van der Waals surface area (Å²) in [5.74, 6) is -1.35. The lowest BCUT2D eigenvalue weighted by molar-refractivity contribution is -0.192. The number of ether oxygens (including phenoxy) is 1. The van der Waals surface area contributed by atoms with Gasteiger partial charge in [0.1, 0.15) is 0 Å². The molecule has 2 saturated heterocycles. The minimum atomic E-state index is -5.08. The van der Waals surface area contributed by atoms with Crippen LogP contribution in [0.5, 0.6) is 0 Å². The van der Waals surface area contributed by atoms with Gasteiger partial charge in [0.2, 0.25) is 0 Å². The summed E-state index contributed by atoms with van der Waals surface area (Å²) in [7, 11) is 0. The van der Waals surface area contributed by atoms with Crippen molar-refractivity contribution in [1.29, 1.82) is 5.26 Å². The second-order valence-electron chi connectivity index (χ2n) is 7.34. The summed E-state index contributed by atoms with van der Waals surface area (Å²) in [4.78, 5) is 11.3. The smallest absolute Gasteiger partial charge is 0.475 e. The van der Waals surface area contributed by atoms with Crippen LogP contribution < -0.4 is 4.90 Å². The predicted molar refractivity (Wildman–Crippen MR) is 93.3 cm³/mol. The standard InChI is InChI=1S/C17H22N2O.C2HF3O2/c1-13(2)15-9-17(20-11-15)7-8-19(12-17)16-5-3-14(10-18)4-6-16;3-2(4,5)1(6)7/h3-6,13,15H,7-9,11-12H2,1-2H3;(H,6,7). The molecule has 1 aromatic carbocycles. The maximum absolute atomic E-state index is 10.6. The van der Waals surface area contributed by atoms with Gasteiger partial charge in [0.15, 0.2) is 0 Å². The maximum atomic E-state index is 10.6. The number of carbonyl (C=O) groups is 1. The van der Waals surface area contributed by atoms with Gasteiger partial charge in [-0.15, -0.1) is 0 Å². The van der Waals surface area contributed by atoms with Crippen LogP contribution in [0.25, 0.3) is 0 Å². The number of carboxylic acid groups (broad SMARTS) is 1. The van der Waals surface area contributed by atoms with Gasteiger partial charge in [-0.25, -0.2) is 4.79 Å². The van der Waals surface area contributed by atoms with Gasteiger partial charge >= 0.3 is 12.1 Å². The zero-order valence-electron chi connectivity index (χ0n) is 15.3. The zero-order valence-corrected chi connectivity index (χ0v) is 15.3. The monoisotopic (exact) mass is 384 g/mol. The van der Waals surface area contributed by atoms with Gasteiger partial charge in [-0.2, -0.15) is 18.4 Å². The van der Waals surface area contributed by atoms with Crippen LogP contribution >= 0.6 is 0 Å². The molecule has 0 aromatic heterocycles. The van der Waals surface area contributed by atoms with Crippen molar-refractivity contribution in [2.45, 2.75) is 38.5 Å². The Labute approximate surface area is 156 Å². The molecule has 2 heterocycles. The second kappa shape index (κ2) is 8.17. The van der Waals surface area contributed by atoms with E-state index in [1.807, 2.05) is 24.3 Å². The average molecular weight is 384 g/mol. The first kappa shape index (κ1) is 21.0. The Morgan fingerprint density at radius 3 is 2.41 bits per heavy atom. The fraction of sp³-hybridized carbons (Fsp3) is 0.579. The largest absolute Gasteiger partial charge is 0.490 e. The molecule has 1 N–H and O–H groups in total. The van der Waals surface area contributed by atoms with Gasteiger partial charge in [0.25, 0.3) is 0 Å². The van der Waals surface area contributed by atoms with Crippen molar-refractivity contribution < 1.29 is 27.8 Å². The number of aliphatic carboxylic acids is 1. The first-order chi connectivity index (χ1) is 12.6. The molecule has 0 saturated carbocycles. The predicted octanol–water partition coefficient (Wildman–Crippen LogP) is 3.83. The van der Waals surface area contributed by atoms with Gasteiger partial charge in [0.05, 0.1) is 23.8 Å². The number of hydrogen-bond acceptors (Lipinski definition) is 4. The number of nitrogens with zero attached hydrogens (tertiary/aromatic N) is 2. The first-order valence-corrected chi connectivity index (χ1v) is 8.75. The molecule has 2 unspecified atom stereocenters. The van der Waals surface area contributed by atoms with Crippen molar-refractivity contribution in [2.24, 2.45) is 11.8 Å². The highest BCUT2D eigenvalue weighted by Crippen LogP contribution is 2.41. The highest BCUT2D eigenvalue weighted by molar-refractivity contribution is 5.73. The van der Waals surface area contributed by atoms with Gasteiger partial charge in [-0.3, -0.25) is 0 Å². The fourth-order valence-electron chi connectivity index (χ4n) is 3.40. The van der Waals surface area contributed by atoms with Gasteiger partial charge < -0.3 is 14.7 Å². The second-order valence-corrected chi connectivity index (χ2v) is 7.34. The summed E-state index contributed by atoms with van der Waals surface area (Å²) < 4.78 is 37.9. The zero-order chi connectivity index (χ0) is 20.2. The molecule has 2 atom stereocenters. The lowest BCUT2D eigenvalue weighted by Crippen LogP contribution is -2.32. The molecular formula is C19H23F3N2O3. The van der Waals surface area contributed by atoms with Gasteiger partial charge in [-0.1, -0.05) is 13.8 Å². The van der Waals surface area contributed by atoms with Gasteiger partial charge in [0, 0.05) is 18.8 Å².